The molecule has 2 atom stereocenters. The summed E-state index contributed by atoms with van der Waals surface area (Å²) >= 11 is 0. The number of β-amino-alcohol motifs (C(OH)–C–C–N with tert-alkyl or cyclic N) is 1. The van der Waals surface area contributed by atoms with E-state index in [0.29, 0.717) is 12.1 Å². The molecule has 3 heteroatoms. The summed E-state index contributed by atoms with van der Waals surface area (Å²) in [5.41, 5.74) is -0.226. The molecular formula is C12H16FNO. The lowest BCUT2D eigenvalue weighted by Crippen LogP contribution is -2.33. The first-order valence-corrected chi connectivity index (χ1v) is 5.19. The first-order chi connectivity index (χ1) is 7.02. The molecule has 1 aromatic rings. The summed E-state index contributed by atoms with van der Waals surface area (Å²) in [4.78, 5) is 2.07. The number of likely N-dealkylation sites (N-methyl/N-ethyl adjacent to an activating group) is 1. The average Bonchev–Trinajstić information content (AvgIpc) is 2.42. The second-order valence-electron chi connectivity index (χ2n) is 4.53. The summed E-state index contributed by atoms with van der Waals surface area (Å²) in [7, 11) is 1.97. The highest BCUT2D eigenvalue weighted by molar-refractivity contribution is 5.26. The molecule has 1 heterocycles. The van der Waals surface area contributed by atoms with Crippen molar-refractivity contribution in [1.29, 1.82) is 0 Å². The number of aliphatic hydroxyl groups is 1. The molecule has 15 heavy (non-hydrogen) atoms. The number of hydrogen-bond acceptors (Lipinski definition) is 2. The van der Waals surface area contributed by atoms with Crippen LogP contribution in [-0.4, -0.2) is 30.1 Å². The molecule has 0 radical (unpaired) electrons. The third-order valence-corrected chi connectivity index (χ3v) is 3.24. The van der Waals surface area contributed by atoms with Crippen LogP contribution in [0.1, 0.15) is 12.5 Å². The summed E-state index contributed by atoms with van der Waals surface area (Å²) in [5.74, 6) is -0.160. The number of halogens is 1. The maximum Gasteiger partial charge on any atom is 0.123 e. The number of benzene rings is 1. The van der Waals surface area contributed by atoms with Gasteiger partial charge in [0.05, 0.1) is 0 Å². The molecule has 2 rings (SSSR count). The van der Waals surface area contributed by atoms with Crippen molar-refractivity contribution in [2.24, 2.45) is 5.92 Å². The molecule has 0 bridgehead atoms. The fourth-order valence-electron chi connectivity index (χ4n) is 2.38. The zero-order valence-corrected chi connectivity index (χ0v) is 9.07. The summed E-state index contributed by atoms with van der Waals surface area (Å²) in [6, 6.07) is 6.26. The maximum absolute atomic E-state index is 13.1. The minimum Gasteiger partial charge on any atom is -0.383 e. The van der Waals surface area contributed by atoms with E-state index in [1.807, 2.05) is 14.0 Å². The van der Waals surface area contributed by atoms with Crippen LogP contribution in [-0.2, 0) is 5.60 Å². The topological polar surface area (TPSA) is 23.5 Å². The van der Waals surface area contributed by atoms with Gasteiger partial charge in [-0.15, -0.1) is 0 Å². The van der Waals surface area contributed by atoms with Gasteiger partial charge in [-0.05, 0) is 24.7 Å². The molecule has 1 saturated heterocycles. The first kappa shape index (κ1) is 10.6. The zero-order chi connectivity index (χ0) is 11.1. The summed E-state index contributed by atoms with van der Waals surface area (Å²) in [6.45, 7) is 3.40. The Morgan fingerprint density at radius 3 is 2.80 bits per heavy atom. The average molecular weight is 209 g/mol. The van der Waals surface area contributed by atoms with Crippen LogP contribution in [0.25, 0.3) is 0 Å². The van der Waals surface area contributed by atoms with Gasteiger partial charge >= 0.3 is 0 Å². The Balaban J connectivity index is 2.37. The lowest BCUT2D eigenvalue weighted by Gasteiger charge is -2.27. The molecule has 1 fully saturated rings. The Labute approximate surface area is 89.3 Å². The predicted molar refractivity (Wildman–Crippen MR) is 57.0 cm³/mol. The fraction of sp³-hybridized carbons (Fsp3) is 0.500. The van der Waals surface area contributed by atoms with Gasteiger partial charge in [-0.3, -0.25) is 0 Å². The summed E-state index contributed by atoms with van der Waals surface area (Å²) in [5, 5.41) is 10.5. The highest BCUT2D eigenvalue weighted by atomic mass is 19.1. The minimum atomic E-state index is -0.906. The van der Waals surface area contributed by atoms with E-state index < -0.39 is 5.60 Å². The van der Waals surface area contributed by atoms with Crippen LogP contribution in [0.5, 0.6) is 0 Å². The highest BCUT2D eigenvalue weighted by Crippen LogP contribution is 2.36. The predicted octanol–water partition coefficient (Wildman–Crippen LogP) is 1.59. The van der Waals surface area contributed by atoms with E-state index in [0.717, 1.165) is 6.54 Å². The van der Waals surface area contributed by atoms with Crippen molar-refractivity contribution in [3.8, 4) is 0 Å². The van der Waals surface area contributed by atoms with Crippen molar-refractivity contribution >= 4 is 0 Å². The van der Waals surface area contributed by atoms with Gasteiger partial charge in [-0.2, -0.15) is 0 Å². The van der Waals surface area contributed by atoms with Crippen molar-refractivity contribution in [2.45, 2.75) is 12.5 Å². The molecule has 82 valence electrons. The van der Waals surface area contributed by atoms with Crippen LogP contribution in [0, 0.1) is 11.7 Å². The third kappa shape index (κ3) is 1.77. The normalized spacial score (nSPS) is 32.1. The molecule has 0 unspecified atom stereocenters. The Hall–Kier alpha value is -0.930. The van der Waals surface area contributed by atoms with Gasteiger partial charge in [-0.1, -0.05) is 19.1 Å². The second-order valence-corrected chi connectivity index (χ2v) is 4.53. The second kappa shape index (κ2) is 3.58. The standard InChI is InChI=1S/C12H16FNO/c1-9-7-14(2)8-12(9,15)10-4-3-5-11(13)6-10/h3-6,9,15H,7-8H2,1-2H3/t9-,12-/m1/s1. The molecule has 1 aromatic carbocycles. The number of rotatable bonds is 1. The van der Waals surface area contributed by atoms with Crippen LogP contribution in [0.4, 0.5) is 4.39 Å². The first-order valence-electron chi connectivity index (χ1n) is 5.19. The van der Waals surface area contributed by atoms with Crippen molar-refractivity contribution in [1.82, 2.24) is 4.90 Å². The van der Waals surface area contributed by atoms with Crippen molar-refractivity contribution in [2.75, 3.05) is 20.1 Å². The molecule has 1 aliphatic heterocycles. The van der Waals surface area contributed by atoms with Crippen molar-refractivity contribution < 1.29 is 9.50 Å². The third-order valence-electron chi connectivity index (χ3n) is 3.24. The van der Waals surface area contributed by atoms with Crippen LogP contribution in [0.2, 0.25) is 0 Å². The van der Waals surface area contributed by atoms with Gasteiger partial charge in [0.1, 0.15) is 11.4 Å². The van der Waals surface area contributed by atoms with E-state index >= 15 is 0 Å². The van der Waals surface area contributed by atoms with Crippen LogP contribution in [0.3, 0.4) is 0 Å². The van der Waals surface area contributed by atoms with E-state index in [1.54, 1.807) is 12.1 Å². The van der Waals surface area contributed by atoms with Crippen molar-refractivity contribution in [3.05, 3.63) is 35.6 Å². The zero-order valence-electron chi connectivity index (χ0n) is 9.07. The van der Waals surface area contributed by atoms with Gasteiger partial charge < -0.3 is 10.0 Å². The van der Waals surface area contributed by atoms with Crippen LogP contribution < -0.4 is 0 Å². The van der Waals surface area contributed by atoms with Crippen molar-refractivity contribution in [3.63, 3.8) is 0 Å². The number of likely N-dealkylation sites (tertiary alicyclic amines) is 1. The van der Waals surface area contributed by atoms with E-state index in [-0.39, 0.29) is 11.7 Å². The van der Waals surface area contributed by atoms with Gasteiger partial charge in [0.15, 0.2) is 0 Å². The van der Waals surface area contributed by atoms with E-state index in [2.05, 4.69) is 4.90 Å². The Kier molecular flexibility index (Phi) is 2.52. The molecule has 0 aromatic heterocycles. The Bertz CT molecular complexity index is 368. The monoisotopic (exact) mass is 209 g/mol. The van der Waals surface area contributed by atoms with E-state index in [1.165, 1.54) is 12.1 Å². The SMILES string of the molecule is C[C@@H]1CN(C)C[C@]1(O)c1cccc(F)c1. The summed E-state index contributed by atoms with van der Waals surface area (Å²) < 4.78 is 13.1. The quantitative estimate of drug-likeness (QED) is 0.759. The number of hydrogen-bond donors (Lipinski definition) is 1. The van der Waals surface area contributed by atoms with Crippen LogP contribution in [0.15, 0.2) is 24.3 Å². The maximum atomic E-state index is 13.1. The lowest BCUT2D eigenvalue weighted by molar-refractivity contribution is 0.0143. The lowest BCUT2D eigenvalue weighted by atomic mass is 9.85. The fourth-order valence-corrected chi connectivity index (χ4v) is 2.38. The largest absolute Gasteiger partial charge is 0.383 e. The molecule has 0 aliphatic carbocycles. The molecular weight excluding hydrogens is 193 g/mol. The molecule has 0 amide bonds. The van der Waals surface area contributed by atoms with Gasteiger partial charge in [0.2, 0.25) is 0 Å². The minimum absolute atomic E-state index is 0.129. The molecule has 1 N–H and O–H groups in total. The molecule has 0 spiro atoms. The summed E-state index contributed by atoms with van der Waals surface area (Å²) in [6.07, 6.45) is 0. The van der Waals surface area contributed by atoms with Gasteiger partial charge in [-0.25, -0.2) is 4.39 Å². The van der Waals surface area contributed by atoms with Crippen LogP contribution >= 0.6 is 0 Å². The highest BCUT2D eigenvalue weighted by Gasteiger charge is 2.42. The Morgan fingerprint density at radius 2 is 2.27 bits per heavy atom. The molecule has 1 aliphatic rings. The smallest absolute Gasteiger partial charge is 0.123 e. The van der Waals surface area contributed by atoms with E-state index in [4.69, 9.17) is 0 Å². The molecule has 0 saturated carbocycles. The van der Waals surface area contributed by atoms with Gasteiger partial charge in [0, 0.05) is 19.0 Å². The molecule has 2 nitrogen and oxygen atoms in total. The Morgan fingerprint density at radius 1 is 1.53 bits per heavy atom. The van der Waals surface area contributed by atoms with E-state index in [9.17, 15) is 9.50 Å². The number of nitrogens with zero attached hydrogens (tertiary/aromatic N) is 1. The van der Waals surface area contributed by atoms with Gasteiger partial charge in [0.25, 0.3) is 0 Å².